The van der Waals surface area contributed by atoms with Gasteiger partial charge in [0.25, 0.3) is 0 Å². The zero-order valence-electron chi connectivity index (χ0n) is 18.7. The molecule has 2 amide bonds. The summed E-state index contributed by atoms with van der Waals surface area (Å²) in [5.41, 5.74) is 2.26. The molecule has 0 saturated carbocycles. The summed E-state index contributed by atoms with van der Waals surface area (Å²) in [4.78, 5) is 26.4. The van der Waals surface area contributed by atoms with Crippen molar-refractivity contribution in [3.63, 3.8) is 0 Å². The quantitative estimate of drug-likeness (QED) is 0.651. The third-order valence-electron chi connectivity index (χ3n) is 5.94. The first-order chi connectivity index (χ1) is 15.3. The van der Waals surface area contributed by atoms with E-state index in [1.807, 2.05) is 0 Å². The number of nitrogens with one attached hydrogen (secondary N) is 2. The van der Waals surface area contributed by atoms with Crippen LogP contribution < -0.4 is 10.6 Å². The second kappa shape index (κ2) is 11.2. The Bertz CT molecular complexity index is 905. The van der Waals surface area contributed by atoms with E-state index >= 15 is 0 Å². The lowest BCUT2D eigenvalue weighted by Gasteiger charge is -2.32. The van der Waals surface area contributed by atoms with Gasteiger partial charge in [-0.25, -0.2) is 8.78 Å². The normalized spacial score (nSPS) is 15.9. The number of carbonyl (C=O) groups is 2. The average Bonchev–Trinajstić information content (AvgIpc) is 2.74. The molecule has 0 radical (unpaired) electrons. The Hall–Kier alpha value is -2.80. The number of amides is 2. The van der Waals surface area contributed by atoms with E-state index in [0.717, 1.165) is 44.6 Å². The Morgan fingerprint density at radius 1 is 1.06 bits per heavy atom. The van der Waals surface area contributed by atoms with Gasteiger partial charge in [-0.1, -0.05) is 35.9 Å². The van der Waals surface area contributed by atoms with Crippen LogP contribution in [-0.2, 0) is 16.1 Å². The highest BCUT2D eigenvalue weighted by atomic mass is 19.1. The summed E-state index contributed by atoms with van der Waals surface area (Å²) in [6, 6.07) is 11.0. The maximum Gasteiger partial charge on any atom is 0.222 e. The van der Waals surface area contributed by atoms with E-state index in [1.54, 1.807) is 0 Å². The Morgan fingerprint density at radius 3 is 2.28 bits per heavy atom. The molecule has 1 atom stereocenters. The van der Waals surface area contributed by atoms with Crippen LogP contribution in [0.2, 0.25) is 0 Å². The minimum atomic E-state index is -1.05. The maximum absolute atomic E-state index is 14.2. The van der Waals surface area contributed by atoms with Crippen LogP contribution in [0.15, 0.2) is 42.5 Å². The van der Waals surface area contributed by atoms with Crippen LogP contribution in [0, 0.1) is 24.5 Å². The maximum atomic E-state index is 14.2. The molecule has 2 aromatic carbocycles. The van der Waals surface area contributed by atoms with E-state index in [4.69, 9.17) is 0 Å². The van der Waals surface area contributed by atoms with Gasteiger partial charge in [-0.05, 0) is 56.5 Å². The fraction of sp³-hybridized carbons (Fsp3) is 0.440. The molecule has 1 fully saturated rings. The second-order valence-corrected chi connectivity index (χ2v) is 8.60. The van der Waals surface area contributed by atoms with E-state index in [2.05, 4.69) is 46.7 Å². The van der Waals surface area contributed by atoms with E-state index in [0.29, 0.717) is 12.5 Å². The Balaban J connectivity index is 1.47. The molecule has 0 aromatic heterocycles. The summed E-state index contributed by atoms with van der Waals surface area (Å²) in [5.74, 6) is -1.99. The Morgan fingerprint density at radius 2 is 1.69 bits per heavy atom. The smallest absolute Gasteiger partial charge is 0.222 e. The van der Waals surface area contributed by atoms with Gasteiger partial charge in [-0.3, -0.25) is 14.5 Å². The average molecular weight is 444 g/mol. The Kier molecular flexibility index (Phi) is 8.33. The molecule has 7 heteroatoms. The number of benzene rings is 2. The third kappa shape index (κ3) is 6.85. The van der Waals surface area contributed by atoms with E-state index in [1.165, 1.54) is 24.1 Å². The largest absolute Gasteiger partial charge is 0.356 e. The molecule has 2 N–H and O–H groups in total. The summed E-state index contributed by atoms with van der Waals surface area (Å²) in [5, 5.41) is 5.37. The van der Waals surface area contributed by atoms with Gasteiger partial charge >= 0.3 is 0 Å². The molecule has 1 unspecified atom stereocenters. The zero-order valence-corrected chi connectivity index (χ0v) is 18.7. The molecule has 1 heterocycles. The minimum Gasteiger partial charge on any atom is -0.356 e. The SMILES string of the molecule is CC(=O)NC(CC(=O)NCC1CCN(Cc2ccc(C)cc2)CC1)c1c(F)cccc1F. The first-order valence-corrected chi connectivity index (χ1v) is 11.1. The number of carbonyl (C=O) groups excluding carboxylic acids is 2. The summed E-state index contributed by atoms with van der Waals surface area (Å²) < 4.78 is 28.3. The molecule has 0 spiro atoms. The molecule has 1 aliphatic heterocycles. The van der Waals surface area contributed by atoms with E-state index in [9.17, 15) is 18.4 Å². The van der Waals surface area contributed by atoms with Crippen LogP contribution in [0.5, 0.6) is 0 Å². The highest BCUT2D eigenvalue weighted by Gasteiger charge is 2.25. The number of halogens is 2. The number of piperidine rings is 1. The van der Waals surface area contributed by atoms with Crippen LogP contribution in [0.25, 0.3) is 0 Å². The molecule has 0 aliphatic carbocycles. The van der Waals surface area contributed by atoms with Gasteiger partial charge in [-0.2, -0.15) is 0 Å². The van der Waals surface area contributed by atoms with Crippen LogP contribution in [-0.4, -0.2) is 36.3 Å². The second-order valence-electron chi connectivity index (χ2n) is 8.60. The molecule has 5 nitrogen and oxygen atoms in total. The third-order valence-corrected chi connectivity index (χ3v) is 5.94. The lowest BCUT2D eigenvalue weighted by atomic mass is 9.96. The summed E-state index contributed by atoms with van der Waals surface area (Å²) in [7, 11) is 0. The lowest BCUT2D eigenvalue weighted by molar-refractivity contribution is -0.123. The number of nitrogens with zero attached hydrogens (tertiary/aromatic N) is 1. The van der Waals surface area contributed by atoms with Crippen molar-refractivity contribution < 1.29 is 18.4 Å². The first kappa shape index (κ1) is 23.9. The molecule has 2 aromatic rings. The number of rotatable bonds is 8. The van der Waals surface area contributed by atoms with Crippen molar-refractivity contribution in [3.8, 4) is 0 Å². The minimum absolute atomic E-state index is 0.219. The lowest BCUT2D eigenvalue weighted by Crippen LogP contribution is -2.39. The van der Waals surface area contributed by atoms with Crippen molar-refractivity contribution in [1.29, 1.82) is 0 Å². The Labute approximate surface area is 188 Å². The molecule has 32 heavy (non-hydrogen) atoms. The van der Waals surface area contributed by atoms with Crippen molar-refractivity contribution in [1.82, 2.24) is 15.5 Å². The molecule has 0 bridgehead atoms. The summed E-state index contributed by atoms with van der Waals surface area (Å²) >= 11 is 0. The number of hydrogen-bond acceptors (Lipinski definition) is 3. The summed E-state index contributed by atoms with van der Waals surface area (Å²) in [6.07, 6.45) is 1.73. The van der Waals surface area contributed by atoms with Gasteiger partial charge in [0.2, 0.25) is 11.8 Å². The fourth-order valence-electron chi connectivity index (χ4n) is 4.13. The topological polar surface area (TPSA) is 61.4 Å². The predicted molar refractivity (Wildman–Crippen MR) is 120 cm³/mol. The molecule has 3 rings (SSSR count). The van der Waals surface area contributed by atoms with Gasteiger partial charge < -0.3 is 10.6 Å². The van der Waals surface area contributed by atoms with Crippen molar-refractivity contribution in [2.45, 2.75) is 45.7 Å². The molecule has 172 valence electrons. The van der Waals surface area contributed by atoms with Crippen LogP contribution in [0.1, 0.15) is 48.9 Å². The standard InChI is InChI=1S/C25H31F2N3O2/c1-17-6-8-20(9-7-17)16-30-12-10-19(11-13-30)15-28-24(32)14-23(29-18(2)31)25-21(26)4-3-5-22(25)27/h3-9,19,23H,10-16H2,1-2H3,(H,28,32)(H,29,31). The van der Waals surface area contributed by atoms with Crippen molar-refractivity contribution in [2.24, 2.45) is 5.92 Å². The molecular formula is C25H31F2N3O2. The van der Waals surface area contributed by atoms with Gasteiger partial charge in [0.15, 0.2) is 0 Å². The van der Waals surface area contributed by atoms with Gasteiger partial charge in [-0.15, -0.1) is 0 Å². The zero-order chi connectivity index (χ0) is 23.1. The fourth-order valence-corrected chi connectivity index (χ4v) is 4.13. The van der Waals surface area contributed by atoms with Crippen molar-refractivity contribution in [2.75, 3.05) is 19.6 Å². The molecular weight excluding hydrogens is 412 g/mol. The van der Waals surface area contributed by atoms with Gasteiger partial charge in [0, 0.05) is 25.6 Å². The highest BCUT2D eigenvalue weighted by Crippen LogP contribution is 2.24. The highest BCUT2D eigenvalue weighted by molar-refractivity contribution is 5.79. The molecule has 1 saturated heterocycles. The summed E-state index contributed by atoms with van der Waals surface area (Å²) in [6.45, 7) is 6.70. The van der Waals surface area contributed by atoms with Crippen molar-refractivity contribution in [3.05, 3.63) is 70.8 Å². The number of likely N-dealkylation sites (tertiary alicyclic amines) is 1. The number of aryl methyl sites for hydroxylation is 1. The monoisotopic (exact) mass is 443 g/mol. The van der Waals surface area contributed by atoms with Crippen LogP contribution in [0.4, 0.5) is 8.78 Å². The van der Waals surface area contributed by atoms with Crippen molar-refractivity contribution >= 4 is 11.8 Å². The first-order valence-electron chi connectivity index (χ1n) is 11.1. The number of hydrogen-bond donors (Lipinski definition) is 2. The molecule has 1 aliphatic rings. The van der Waals surface area contributed by atoms with Gasteiger partial charge in [0.1, 0.15) is 11.6 Å². The van der Waals surface area contributed by atoms with Gasteiger partial charge in [0.05, 0.1) is 12.5 Å². The predicted octanol–water partition coefficient (Wildman–Crippen LogP) is 3.87. The van der Waals surface area contributed by atoms with Crippen LogP contribution >= 0.6 is 0 Å². The van der Waals surface area contributed by atoms with E-state index in [-0.39, 0.29) is 17.9 Å². The van der Waals surface area contributed by atoms with E-state index < -0.39 is 23.6 Å². The van der Waals surface area contributed by atoms with Crippen LogP contribution in [0.3, 0.4) is 0 Å².